The highest BCUT2D eigenvalue weighted by molar-refractivity contribution is 6.09. The van der Waals surface area contributed by atoms with Gasteiger partial charge in [0.2, 0.25) is 0 Å². The molecular formula is C17H16N2O3. The average Bonchev–Trinajstić information content (AvgIpc) is 2.82. The highest BCUT2D eigenvalue weighted by Crippen LogP contribution is 2.19. The summed E-state index contributed by atoms with van der Waals surface area (Å²) in [5.41, 5.74) is 1.28. The molecule has 0 radical (unpaired) electrons. The summed E-state index contributed by atoms with van der Waals surface area (Å²) in [6.45, 7) is 3.60. The lowest BCUT2D eigenvalue weighted by molar-refractivity contribution is -0.112. The standard InChI is InChI=1S/C17H16N2O3/c1-11-7-13(12(2)22-11)8-14(10-18)17(20)19-15-5-4-6-16(9-15)21-3/h4-9H,1-3H3,(H,19,20)/b14-8-. The molecule has 0 bridgehead atoms. The number of aryl methyl sites for hydroxylation is 2. The Morgan fingerprint density at radius 2 is 2.14 bits per heavy atom. The summed E-state index contributed by atoms with van der Waals surface area (Å²) in [7, 11) is 1.55. The van der Waals surface area contributed by atoms with Gasteiger partial charge in [-0.25, -0.2) is 0 Å². The van der Waals surface area contributed by atoms with Gasteiger partial charge in [-0.1, -0.05) is 6.07 Å². The first-order valence-electron chi connectivity index (χ1n) is 6.67. The number of benzene rings is 1. The molecule has 5 heteroatoms. The summed E-state index contributed by atoms with van der Waals surface area (Å²) >= 11 is 0. The van der Waals surface area contributed by atoms with Crippen LogP contribution < -0.4 is 10.1 Å². The fourth-order valence-corrected chi connectivity index (χ4v) is 2.00. The molecule has 22 heavy (non-hydrogen) atoms. The van der Waals surface area contributed by atoms with E-state index in [-0.39, 0.29) is 5.57 Å². The van der Waals surface area contributed by atoms with Crippen LogP contribution in [0.3, 0.4) is 0 Å². The molecule has 0 saturated carbocycles. The second kappa shape index (κ2) is 6.64. The summed E-state index contributed by atoms with van der Waals surface area (Å²) in [5, 5.41) is 11.9. The average molecular weight is 296 g/mol. The Kier molecular flexibility index (Phi) is 4.64. The summed E-state index contributed by atoms with van der Waals surface area (Å²) in [6, 6.07) is 10.6. The van der Waals surface area contributed by atoms with Crippen LogP contribution in [0, 0.1) is 25.2 Å². The first-order chi connectivity index (χ1) is 10.5. The third kappa shape index (κ3) is 3.55. The molecule has 0 aliphatic rings. The monoisotopic (exact) mass is 296 g/mol. The molecule has 0 aliphatic heterocycles. The number of nitrogens with one attached hydrogen (secondary N) is 1. The van der Waals surface area contributed by atoms with Gasteiger partial charge in [0.1, 0.15) is 28.9 Å². The number of methoxy groups -OCH3 is 1. The van der Waals surface area contributed by atoms with Gasteiger partial charge in [0.15, 0.2) is 0 Å². The van der Waals surface area contributed by atoms with E-state index in [0.29, 0.717) is 17.2 Å². The topological polar surface area (TPSA) is 75.3 Å². The minimum atomic E-state index is -0.478. The normalized spacial score (nSPS) is 10.9. The van der Waals surface area contributed by atoms with Crippen LogP contribution in [0.4, 0.5) is 5.69 Å². The molecule has 0 unspecified atom stereocenters. The van der Waals surface area contributed by atoms with Crippen LogP contribution in [0.2, 0.25) is 0 Å². The van der Waals surface area contributed by atoms with Crippen LogP contribution in [-0.2, 0) is 4.79 Å². The minimum Gasteiger partial charge on any atom is -0.497 e. The van der Waals surface area contributed by atoms with Gasteiger partial charge in [0.25, 0.3) is 5.91 Å². The van der Waals surface area contributed by atoms with Crippen LogP contribution in [0.25, 0.3) is 6.08 Å². The Bertz CT molecular complexity index is 766. The maximum atomic E-state index is 12.2. The van der Waals surface area contributed by atoms with E-state index in [1.54, 1.807) is 44.4 Å². The second-order valence-corrected chi connectivity index (χ2v) is 4.72. The number of hydrogen-bond acceptors (Lipinski definition) is 4. The van der Waals surface area contributed by atoms with Crippen molar-refractivity contribution in [3.8, 4) is 11.8 Å². The van der Waals surface area contributed by atoms with Crippen LogP contribution in [0.15, 0.2) is 40.3 Å². The van der Waals surface area contributed by atoms with E-state index in [1.165, 1.54) is 6.08 Å². The Morgan fingerprint density at radius 3 is 2.73 bits per heavy atom. The second-order valence-electron chi connectivity index (χ2n) is 4.72. The number of nitriles is 1. The van der Waals surface area contributed by atoms with Crippen molar-refractivity contribution in [1.82, 2.24) is 0 Å². The number of carbonyl (C=O) groups is 1. The van der Waals surface area contributed by atoms with Crippen molar-refractivity contribution in [2.24, 2.45) is 0 Å². The molecule has 1 heterocycles. The Labute approximate surface area is 128 Å². The third-order valence-corrected chi connectivity index (χ3v) is 3.07. The van der Waals surface area contributed by atoms with E-state index >= 15 is 0 Å². The van der Waals surface area contributed by atoms with Crippen molar-refractivity contribution < 1.29 is 13.9 Å². The van der Waals surface area contributed by atoms with Gasteiger partial charge in [-0.15, -0.1) is 0 Å². The Morgan fingerprint density at radius 1 is 1.36 bits per heavy atom. The number of anilines is 1. The van der Waals surface area contributed by atoms with Crippen molar-refractivity contribution in [2.75, 3.05) is 12.4 Å². The number of furan rings is 1. The predicted molar refractivity (Wildman–Crippen MR) is 83.4 cm³/mol. The zero-order valence-corrected chi connectivity index (χ0v) is 12.6. The van der Waals surface area contributed by atoms with E-state index in [2.05, 4.69) is 5.32 Å². The smallest absolute Gasteiger partial charge is 0.266 e. The molecule has 0 atom stereocenters. The summed E-state index contributed by atoms with van der Waals surface area (Å²) in [5.74, 6) is 1.55. The van der Waals surface area contributed by atoms with Crippen molar-refractivity contribution in [3.63, 3.8) is 0 Å². The SMILES string of the molecule is COc1cccc(NC(=O)/C(C#N)=C\c2cc(C)oc2C)c1. The summed E-state index contributed by atoms with van der Waals surface area (Å²) < 4.78 is 10.5. The molecule has 2 aromatic rings. The molecule has 2 rings (SSSR count). The van der Waals surface area contributed by atoms with Gasteiger partial charge >= 0.3 is 0 Å². The van der Waals surface area contributed by atoms with Gasteiger partial charge in [-0.3, -0.25) is 4.79 Å². The van der Waals surface area contributed by atoms with Crippen molar-refractivity contribution in [3.05, 3.63) is 53.0 Å². The van der Waals surface area contributed by atoms with E-state index in [0.717, 1.165) is 11.3 Å². The molecule has 0 spiro atoms. The molecule has 1 aromatic carbocycles. The number of rotatable bonds is 4. The molecule has 1 N–H and O–H groups in total. The third-order valence-electron chi connectivity index (χ3n) is 3.07. The molecule has 0 fully saturated rings. The maximum Gasteiger partial charge on any atom is 0.266 e. The van der Waals surface area contributed by atoms with E-state index in [1.807, 2.05) is 13.0 Å². The largest absolute Gasteiger partial charge is 0.497 e. The van der Waals surface area contributed by atoms with E-state index < -0.39 is 5.91 Å². The van der Waals surface area contributed by atoms with E-state index in [9.17, 15) is 10.1 Å². The molecule has 112 valence electrons. The number of nitrogens with zero attached hydrogens (tertiary/aromatic N) is 1. The predicted octanol–water partition coefficient (Wildman–Crippen LogP) is 3.45. The summed E-state index contributed by atoms with van der Waals surface area (Å²) in [4.78, 5) is 12.2. The highest BCUT2D eigenvalue weighted by Gasteiger charge is 2.12. The number of ether oxygens (including phenoxy) is 1. The van der Waals surface area contributed by atoms with E-state index in [4.69, 9.17) is 9.15 Å². The summed E-state index contributed by atoms with van der Waals surface area (Å²) in [6.07, 6.45) is 1.52. The lowest BCUT2D eigenvalue weighted by atomic mass is 10.1. The maximum absolute atomic E-state index is 12.2. The van der Waals surface area contributed by atoms with Gasteiger partial charge in [-0.2, -0.15) is 5.26 Å². The van der Waals surface area contributed by atoms with Crippen molar-refractivity contribution in [1.29, 1.82) is 5.26 Å². The number of carbonyl (C=O) groups excluding carboxylic acids is 1. The lowest BCUT2D eigenvalue weighted by Gasteiger charge is -2.06. The molecule has 0 saturated heterocycles. The van der Waals surface area contributed by atoms with Crippen LogP contribution in [0.1, 0.15) is 17.1 Å². The van der Waals surface area contributed by atoms with Gasteiger partial charge in [0, 0.05) is 17.3 Å². The first-order valence-corrected chi connectivity index (χ1v) is 6.67. The molecular weight excluding hydrogens is 280 g/mol. The fourth-order valence-electron chi connectivity index (χ4n) is 2.00. The van der Waals surface area contributed by atoms with Crippen LogP contribution in [0.5, 0.6) is 5.75 Å². The fraction of sp³-hybridized carbons (Fsp3) is 0.176. The van der Waals surface area contributed by atoms with Gasteiger partial charge < -0.3 is 14.5 Å². The van der Waals surface area contributed by atoms with Crippen LogP contribution in [-0.4, -0.2) is 13.0 Å². The first kappa shape index (κ1) is 15.4. The van der Waals surface area contributed by atoms with Crippen LogP contribution >= 0.6 is 0 Å². The lowest BCUT2D eigenvalue weighted by Crippen LogP contribution is -2.13. The van der Waals surface area contributed by atoms with Gasteiger partial charge in [0.05, 0.1) is 7.11 Å². The number of amides is 1. The zero-order chi connectivity index (χ0) is 16.1. The quantitative estimate of drug-likeness (QED) is 0.692. The Hall–Kier alpha value is -3.00. The zero-order valence-electron chi connectivity index (χ0n) is 12.6. The van der Waals surface area contributed by atoms with Gasteiger partial charge in [-0.05, 0) is 38.1 Å². The Balaban J connectivity index is 2.22. The molecule has 5 nitrogen and oxygen atoms in total. The molecule has 1 amide bonds. The molecule has 1 aromatic heterocycles. The minimum absolute atomic E-state index is 0.00622. The van der Waals surface area contributed by atoms with Crippen molar-refractivity contribution in [2.45, 2.75) is 13.8 Å². The molecule has 0 aliphatic carbocycles. The number of hydrogen-bond donors (Lipinski definition) is 1. The van der Waals surface area contributed by atoms with Crippen molar-refractivity contribution >= 4 is 17.7 Å². The highest BCUT2D eigenvalue weighted by atomic mass is 16.5.